The fourth-order valence-electron chi connectivity index (χ4n) is 6.03. The lowest BCUT2D eigenvalue weighted by Gasteiger charge is -2.19. The minimum absolute atomic E-state index is 0.930. The highest BCUT2D eigenvalue weighted by atomic mass is 32.3. The summed E-state index contributed by atoms with van der Waals surface area (Å²) in [6, 6.07) is 30.1. The van der Waals surface area contributed by atoms with Gasteiger partial charge in [-0.3, -0.25) is 4.98 Å². The molecule has 2 aliphatic heterocycles. The smallest absolute Gasteiger partial charge is 0.0657 e. The molecule has 0 N–H and O–H groups in total. The second-order valence-corrected chi connectivity index (χ2v) is 20.4. The highest BCUT2D eigenvalue weighted by molar-refractivity contribution is 8.41. The van der Waals surface area contributed by atoms with Crippen molar-refractivity contribution in [3.05, 3.63) is 150 Å². The average Bonchev–Trinajstić information content (AvgIpc) is 3.77. The van der Waals surface area contributed by atoms with Crippen LogP contribution in [-0.4, -0.2) is 30.0 Å². The van der Waals surface area contributed by atoms with Gasteiger partial charge >= 0.3 is 0 Å². The van der Waals surface area contributed by atoms with E-state index in [1.165, 1.54) is 81.1 Å². The van der Waals surface area contributed by atoms with Crippen molar-refractivity contribution >= 4 is 94.1 Å². The molecule has 0 radical (unpaired) electrons. The normalized spacial score (nSPS) is 16.9. The Balaban J connectivity index is 1.34. The fraction of sp³-hybridized carbons (Fsp3) is 0.205. The Bertz CT molecular complexity index is 1900. The molecule has 0 fully saturated rings. The molecular weight excluding hydrogens is 739 g/mol. The molecule has 0 atom stereocenters. The second kappa shape index (κ2) is 16.3. The summed E-state index contributed by atoms with van der Waals surface area (Å²) in [7, 11) is 0. The van der Waals surface area contributed by atoms with Crippen LogP contribution in [0.3, 0.4) is 0 Å². The van der Waals surface area contributed by atoms with Crippen LogP contribution in [0, 0.1) is 0 Å². The highest BCUT2D eigenvalue weighted by Crippen LogP contribution is 2.59. The average molecular weight is 774 g/mol. The summed E-state index contributed by atoms with van der Waals surface area (Å²) >= 11 is 15.4. The van der Waals surface area contributed by atoms with Crippen LogP contribution in [0.25, 0.3) is 22.3 Å². The van der Waals surface area contributed by atoms with Crippen molar-refractivity contribution in [2.75, 3.05) is 25.0 Å². The number of aromatic nitrogens is 1. The largest absolute Gasteiger partial charge is 0.265 e. The first-order valence-electron chi connectivity index (χ1n) is 15.6. The number of benzene rings is 3. The van der Waals surface area contributed by atoms with Gasteiger partial charge < -0.3 is 0 Å². The molecule has 0 saturated heterocycles. The van der Waals surface area contributed by atoms with Crippen molar-refractivity contribution in [1.82, 2.24) is 4.98 Å². The van der Waals surface area contributed by atoms with Crippen molar-refractivity contribution in [3.63, 3.8) is 0 Å². The monoisotopic (exact) mass is 773 g/mol. The summed E-state index contributed by atoms with van der Waals surface area (Å²) in [5.74, 6) is 0. The predicted octanol–water partition coefficient (Wildman–Crippen LogP) is 13.4. The van der Waals surface area contributed by atoms with Gasteiger partial charge in [0.15, 0.2) is 0 Å². The third-order valence-electron chi connectivity index (χ3n) is 8.46. The first-order chi connectivity index (χ1) is 23.5. The summed E-state index contributed by atoms with van der Waals surface area (Å²) < 4.78 is 8.63. The maximum atomic E-state index is 4.22. The van der Waals surface area contributed by atoms with Gasteiger partial charge in [0.2, 0.25) is 0 Å². The molecule has 4 aliphatic carbocycles. The molecule has 4 bridgehead atoms. The zero-order chi connectivity index (χ0) is 33.0. The van der Waals surface area contributed by atoms with E-state index in [0.717, 1.165) is 25.7 Å². The van der Waals surface area contributed by atoms with Crippen LogP contribution in [0.5, 0.6) is 0 Å². The Labute approximate surface area is 319 Å². The number of pyridine rings is 1. The van der Waals surface area contributed by atoms with Crippen LogP contribution < -0.4 is 0 Å². The summed E-state index contributed by atoms with van der Waals surface area (Å²) in [6.45, 7) is 0. The first-order valence-corrected chi connectivity index (χ1v) is 23.7. The molecule has 0 spiro atoms. The molecule has 0 amide bonds. The molecule has 9 heteroatoms. The van der Waals surface area contributed by atoms with Crippen LogP contribution in [0.15, 0.2) is 128 Å². The van der Waals surface area contributed by atoms with Gasteiger partial charge in [0.1, 0.15) is 0 Å². The van der Waals surface area contributed by atoms with E-state index in [9.17, 15) is 0 Å². The Hall–Kier alpha value is -1.43. The topological polar surface area (TPSA) is 12.9 Å². The van der Waals surface area contributed by atoms with Gasteiger partial charge in [-0.25, -0.2) is 0 Å². The first kappa shape index (κ1) is 35.0. The van der Waals surface area contributed by atoms with E-state index in [1.54, 1.807) is 0 Å². The zero-order valence-corrected chi connectivity index (χ0v) is 33.7. The summed E-state index contributed by atoms with van der Waals surface area (Å²) in [5.41, 5.74) is 13.6. The molecule has 3 heterocycles. The van der Waals surface area contributed by atoms with E-state index in [-0.39, 0.29) is 0 Å². The van der Waals surface area contributed by atoms with E-state index in [2.05, 4.69) is 109 Å². The van der Waals surface area contributed by atoms with Gasteiger partial charge in [-0.15, -0.1) is 47.0 Å². The molecule has 10 rings (SSSR count). The zero-order valence-electron chi connectivity index (χ0n) is 27.2. The van der Waals surface area contributed by atoms with Gasteiger partial charge in [0.25, 0.3) is 0 Å². The number of nitrogens with zero attached hydrogens (tertiary/aromatic N) is 1. The number of allylic oxidation sites excluding steroid dienone is 2. The summed E-state index contributed by atoms with van der Waals surface area (Å²) in [6.07, 6.45) is 16.4. The van der Waals surface area contributed by atoms with E-state index >= 15 is 0 Å². The van der Waals surface area contributed by atoms with Crippen LogP contribution in [0.1, 0.15) is 22.3 Å². The maximum Gasteiger partial charge on any atom is 0.0657 e. The lowest BCUT2D eigenvalue weighted by atomic mass is 9.88. The maximum absolute atomic E-state index is 4.22. The van der Waals surface area contributed by atoms with Gasteiger partial charge in [-0.05, 0) is 118 Å². The Kier molecular flexibility index (Phi) is 11.9. The Morgan fingerprint density at radius 2 is 0.875 bits per heavy atom. The van der Waals surface area contributed by atoms with E-state index < -0.39 is 0 Å². The van der Waals surface area contributed by atoms with Crippen LogP contribution in [0.4, 0.5) is 0 Å². The molecule has 0 saturated carbocycles. The molecule has 1 aromatic heterocycles. The SMILES string of the molecule is CSC1=C(SC)SC(=C2Cc3ccc(cc3)CC(=C3SC(SC)=C(SC)S3)Cc3ccc(cc3-c3ccc(-c4ccncc4)cc3)C2)S1. The van der Waals surface area contributed by atoms with Gasteiger partial charge in [0.05, 0.1) is 25.4 Å². The van der Waals surface area contributed by atoms with Crippen LogP contribution in [-0.2, 0) is 25.7 Å². The van der Waals surface area contributed by atoms with E-state index in [0.29, 0.717) is 0 Å². The van der Waals surface area contributed by atoms with Crippen molar-refractivity contribution in [3.8, 4) is 22.3 Å². The molecule has 6 aliphatic rings. The molecule has 48 heavy (non-hydrogen) atoms. The third kappa shape index (κ3) is 7.89. The highest BCUT2D eigenvalue weighted by Gasteiger charge is 2.26. The molecule has 0 unspecified atom stereocenters. The summed E-state index contributed by atoms with van der Waals surface area (Å²) in [4.78, 5) is 4.22. The predicted molar refractivity (Wildman–Crippen MR) is 229 cm³/mol. The molecule has 4 aromatic rings. The van der Waals surface area contributed by atoms with Crippen molar-refractivity contribution in [2.24, 2.45) is 0 Å². The molecule has 244 valence electrons. The lowest BCUT2D eigenvalue weighted by molar-refractivity contribution is 1.00. The molecule has 3 aromatic carbocycles. The minimum atomic E-state index is 0.930. The number of hydrogen-bond acceptors (Lipinski definition) is 9. The fourth-order valence-corrected chi connectivity index (χ4v) is 16.2. The Morgan fingerprint density at radius 3 is 1.38 bits per heavy atom. The van der Waals surface area contributed by atoms with Crippen LogP contribution >= 0.6 is 94.1 Å². The summed E-state index contributed by atoms with van der Waals surface area (Å²) in [5, 5.41) is 0. The number of rotatable bonds is 6. The molecular formula is C39H35NS8. The van der Waals surface area contributed by atoms with Gasteiger partial charge in [-0.1, -0.05) is 114 Å². The van der Waals surface area contributed by atoms with Crippen molar-refractivity contribution in [1.29, 1.82) is 0 Å². The van der Waals surface area contributed by atoms with Gasteiger partial charge in [0, 0.05) is 12.4 Å². The van der Waals surface area contributed by atoms with Gasteiger partial charge in [-0.2, -0.15) is 0 Å². The van der Waals surface area contributed by atoms with Crippen molar-refractivity contribution in [2.45, 2.75) is 25.7 Å². The standard InChI is InChI=1S/C39H35NS8/c1-41-36-37(42-2)46-34(45-36)31-19-24-5-7-25(8-6-24)20-32(35-47-38(43-3)39(44-4)48-35)23-30-10-9-26(21-31)22-33(30)29-13-11-27(12-14-29)28-15-17-40-18-16-28/h5-18,22H,19-21,23H2,1-4H3. The number of hydrogen-bond donors (Lipinski definition) is 0. The molecule has 1 nitrogen and oxygen atoms in total. The lowest BCUT2D eigenvalue weighted by Crippen LogP contribution is -2.04. The van der Waals surface area contributed by atoms with Crippen molar-refractivity contribution < 1.29 is 0 Å². The Morgan fingerprint density at radius 1 is 0.458 bits per heavy atom. The van der Waals surface area contributed by atoms with E-state index in [4.69, 9.17) is 0 Å². The quantitative estimate of drug-likeness (QED) is 0.188. The van der Waals surface area contributed by atoms with Crippen LogP contribution in [0.2, 0.25) is 0 Å². The third-order valence-corrected chi connectivity index (χ3v) is 19.2. The van der Waals surface area contributed by atoms with E-state index in [1.807, 2.05) is 106 Å². The number of thioether (sulfide) groups is 8. The minimum Gasteiger partial charge on any atom is -0.265 e. The second-order valence-electron chi connectivity index (χ2n) is 11.5.